The minimum absolute atomic E-state index is 0.131. The third kappa shape index (κ3) is 2.19. The molecule has 1 aliphatic carbocycles. The molecule has 0 spiro atoms. The lowest BCUT2D eigenvalue weighted by atomic mass is 9.88. The van der Waals surface area contributed by atoms with Crippen molar-refractivity contribution in [1.82, 2.24) is 0 Å². The summed E-state index contributed by atoms with van der Waals surface area (Å²) in [5.41, 5.74) is 1.64. The van der Waals surface area contributed by atoms with Crippen molar-refractivity contribution in [2.24, 2.45) is 0 Å². The molecule has 1 fully saturated rings. The summed E-state index contributed by atoms with van der Waals surface area (Å²) in [7, 11) is 0. The summed E-state index contributed by atoms with van der Waals surface area (Å²) in [5, 5.41) is -0.552. The van der Waals surface area contributed by atoms with Crippen LogP contribution in [0.4, 0.5) is 0 Å². The van der Waals surface area contributed by atoms with Crippen LogP contribution >= 0.6 is 11.6 Å². The van der Waals surface area contributed by atoms with Gasteiger partial charge in [0.05, 0.1) is 5.41 Å². The van der Waals surface area contributed by atoms with Crippen molar-refractivity contribution in [1.29, 1.82) is 0 Å². The molecule has 2 heteroatoms. The van der Waals surface area contributed by atoms with E-state index in [1.54, 1.807) is 0 Å². The standard InChI is InChI=1S/C17H15ClO/c18-15(13-7-3-1-4-8-13)16(19)17(11-12-17)14-9-5-2-6-10-14/h1-10,15H,11-12H2. The molecular formula is C17H15ClO. The van der Waals surface area contributed by atoms with Crippen LogP contribution in [0.1, 0.15) is 29.3 Å². The highest BCUT2D eigenvalue weighted by atomic mass is 35.5. The summed E-state index contributed by atoms with van der Waals surface area (Å²) in [6.45, 7) is 0. The summed E-state index contributed by atoms with van der Waals surface area (Å²) in [5.74, 6) is 0.131. The van der Waals surface area contributed by atoms with Crippen LogP contribution in [0.25, 0.3) is 0 Å². The molecule has 0 aliphatic heterocycles. The maximum Gasteiger partial charge on any atom is 0.165 e. The first-order valence-corrected chi connectivity index (χ1v) is 6.96. The number of hydrogen-bond acceptors (Lipinski definition) is 1. The van der Waals surface area contributed by atoms with Gasteiger partial charge in [0, 0.05) is 0 Å². The molecule has 2 aromatic carbocycles. The van der Waals surface area contributed by atoms with Gasteiger partial charge in [-0.25, -0.2) is 0 Å². The second kappa shape index (κ2) is 4.82. The van der Waals surface area contributed by atoms with Crippen LogP contribution < -0.4 is 0 Å². The Labute approximate surface area is 118 Å². The molecule has 1 unspecified atom stereocenters. The SMILES string of the molecule is O=C(C(Cl)c1ccccc1)C1(c2ccccc2)CC1. The number of halogens is 1. The van der Waals surface area contributed by atoms with E-state index in [1.807, 2.05) is 60.7 Å². The van der Waals surface area contributed by atoms with Crippen molar-refractivity contribution in [3.05, 3.63) is 71.8 Å². The minimum Gasteiger partial charge on any atom is -0.297 e. The molecule has 0 bridgehead atoms. The second-order valence-electron chi connectivity index (χ2n) is 5.09. The number of alkyl halides is 1. The van der Waals surface area contributed by atoms with Crippen LogP contribution in [-0.2, 0) is 10.2 Å². The van der Waals surface area contributed by atoms with E-state index in [2.05, 4.69) is 0 Å². The van der Waals surface area contributed by atoms with Gasteiger partial charge in [-0.15, -0.1) is 11.6 Å². The highest BCUT2D eigenvalue weighted by Crippen LogP contribution is 2.52. The van der Waals surface area contributed by atoms with Gasteiger partial charge in [0.2, 0.25) is 0 Å². The Hall–Kier alpha value is -1.60. The first kappa shape index (κ1) is 12.4. The summed E-state index contributed by atoms with van der Waals surface area (Å²) in [6, 6.07) is 19.6. The normalized spacial score (nSPS) is 17.7. The number of hydrogen-bond donors (Lipinski definition) is 0. The lowest BCUT2D eigenvalue weighted by molar-refractivity contribution is -0.121. The van der Waals surface area contributed by atoms with Crippen LogP contribution in [0.3, 0.4) is 0 Å². The molecule has 0 heterocycles. The molecule has 0 aromatic heterocycles. The van der Waals surface area contributed by atoms with Crippen molar-refractivity contribution >= 4 is 17.4 Å². The van der Waals surface area contributed by atoms with E-state index in [-0.39, 0.29) is 11.2 Å². The maximum absolute atomic E-state index is 12.7. The van der Waals surface area contributed by atoms with Crippen LogP contribution in [0.15, 0.2) is 60.7 Å². The van der Waals surface area contributed by atoms with Gasteiger partial charge in [-0.05, 0) is 24.0 Å². The molecule has 1 atom stereocenters. The second-order valence-corrected chi connectivity index (χ2v) is 5.52. The highest BCUT2D eigenvalue weighted by molar-refractivity contribution is 6.32. The maximum atomic E-state index is 12.7. The third-order valence-corrected chi connectivity index (χ3v) is 4.32. The molecule has 0 saturated heterocycles. The fourth-order valence-corrected chi connectivity index (χ4v) is 2.93. The molecule has 1 aliphatic rings. The van der Waals surface area contributed by atoms with Crippen molar-refractivity contribution in [2.45, 2.75) is 23.6 Å². The number of rotatable bonds is 4. The Bertz CT molecular complexity index is 573. The Morgan fingerprint density at radius 3 is 2.00 bits per heavy atom. The molecule has 96 valence electrons. The number of ketones is 1. The van der Waals surface area contributed by atoms with Gasteiger partial charge >= 0.3 is 0 Å². The molecule has 3 rings (SSSR count). The monoisotopic (exact) mass is 270 g/mol. The van der Waals surface area contributed by atoms with Crippen molar-refractivity contribution < 1.29 is 4.79 Å². The first-order chi connectivity index (χ1) is 9.24. The molecule has 0 amide bonds. The van der Waals surface area contributed by atoms with E-state index in [0.29, 0.717) is 0 Å². The van der Waals surface area contributed by atoms with Crippen LogP contribution in [0.5, 0.6) is 0 Å². The van der Waals surface area contributed by atoms with Crippen molar-refractivity contribution in [2.75, 3.05) is 0 Å². The van der Waals surface area contributed by atoms with E-state index in [4.69, 9.17) is 11.6 Å². The molecule has 19 heavy (non-hydrogen) atoms. The predicted octanol–water partition coefficient (Wildman–Crippen LogP) is 4.27. The number of carbonyl (C=O) groups excluding carboxylic acids is 1. The average molecular weight is 271 g/mol. The zero-order valence-electron chi connectivity index (χ0n) is 10.6. The average Bonchev–Trinajstić information content (AvgIpc) is 3.29. The summed E-state index contributed by atoms with van der Waals surface area (Å²) >= 11 is 6.38. The quantitative estimate of drug-likeness (QED) is 0.759. The van der Waals surface area contributed by atoms with Gasteiger partial charge in [-0.3, -0.25) is 4.79 Å². The molecule has 0 N–H and O–H groups in total. The van der Waals surface area contributed by atoms with E-state index in [0.717, 1.165) is 24.0 Å². The Morgan fingerprint density at radius 2 is 1.47 bits per heavy atom. The van der Waals surface area contributed by atoms with Crippen molar-refractivity contribution in [3.63, 3.8) is 0 Å². The zero-order chi connectivity index (χ0) is 13.3. The summed E-state index contributed by atoms with van der Waals surface area (Å²) in [6.07, 6.45) is 1.82. The molecule has 2 aromatic rings. The summed E-state index contributed by atoms with van der Waals surface area (Å²) in [4.78, 5) is 12.7. The topological polar surface area (TPSA) is 17.1 Å². The van der Waals surface area contributed by atoms with Gasteiger partial charge in [-0.1, -0.05) is 60.7 Å². The number of benzene rings is 2. The van der Waals surface area contributed by atoms with E-state index >= 15 is 0 Å². The lowest BCUT2D eigenvalue weighted by Crippen LogP contribution is -2.24. The van der Waals surface area contributed by atoms with Crippen LogP contribution in [0.2, 0.25) is 0 Å². The van der Waals surface area contributed by atoms with Crippen LogP contribution in [0, 0.1) is 0 Å². The van der Waals surface area contributed by atoms with Gasteiger partial charge in [0.25, 0.3) is 0 Å². The fourth-order valence-electron chi connectivity index (χ4n) is 2.58. The predicted molar refractivity (Wildman–Crippen MR) is 77.4 cm³/mol. The zero-order valence-corrected chi connectivity index (χ0v) is 11.3. The fraction of sp³-hybridized carbons (Fsp3) is 0.235. The lowest BCUT2D eigenvalue weighted by Gasteiger charge is -2.18. The number of Topliss-reactive ketones (excluding diaryl/α,β-unsaturated/α-hetero) is 1. The molecular weight excluding hydrogens is 256 g/mol. The van der Waals surface area contributed by atoms with E-state index in [9.17, 15) is 4.79 Å². The largest absolute Gasteiger partial charge is 0.297 e. The third-order valence-electron chi connectivity index (χ3n) is 3.87. The highest BCUT2D eigenvalue weighted by Gasteiger charge is 2.52. The van der Waals surface area contributed by atoms with Gasteiger partial charge < -0.3 is 0 Å². The van der Waals surface area contributed by atoms with Gasteiger partial charge in [0.15, 0.2) is 5.78 Å². The minimum atomic E-state index is -0.552. The van der Waals surface area contributed by atoms with Gasteiger partial charge in [0.1, 0.15) is 5.38 Å². The van der Waals surface area contributed by atoms with E-state index < -0.39 is 5.38 Å². The Balaban J connectivity index is 1.89. The van der Waals surface area contributed by atoms with E-state index in [1.165, 1.54) is 0 Å². The molecule has 1 nitrogen and oxygen atoms in total. The molecule has 1 saturated carbocycles. The molecule has 0 radical (unpaired) electrons. The summed E-state index contributed by atoms with van der Waals surface area (Å²) < 4.78 is 0. The Kier molecular flexibility index (Phi) is 3.16. The van der Waals surface area contributed by atoms with Crippen LogP contribution in [-0.4, -0.2) is 5.78 Å². The Morgan fingerprint density at radius 1 is 0.947 bits per heavy atom. The van der Waals surface area contributed by atoms with Gasteiger partial charge in [-0.2, -0.15) is 0 Å². The smallest absolute Gasteiger partial charge is 0.165 e. The number of carbonyl (C=O) groups is 1. The van der Waals surface area contributed by atoms with Crippen molar-refractivity contribution in [3.8, 4) is 0 Å². The first-order valence-electron chi connectivity index (χ1n) is 6.53.